The number of nitrogens with one attached hydrogen (secondary N) is 1. The minimum atomic E-state index is -4.58. The molecule has 1 aromatic carbocycles. The molecular formula is C15H17F3N4OS. The number of aromatic nitrogens is 3. The van der Waals surface area contributed by atoms with Crippen LogP contribution in [0.5, 0.6) is 0 Å². The Balaban J connectivity index is 2.01. The van der Waals surface area contributed by atoms with E-state index in [1.807, 2.05) is 37.3 Å². The molecule has 1 heterocycles. The number of alkyl halides is 3. The van der Waals surface area contributed by atoms with Crippen molar-refractivity contribution in [2.45, 2.75) is 36.5 Å². The summed E-state index contributed by atoms with van der Waals surface area (Å²) in [7, 11) is 1.22. The van der Waals surface area contributed by atoms with Gasteiger partial charge < -0.3 is 9.88 Å². The lowest BCUT2D eigenvalue weighted by Gasteiger charge is -2.17. The number of carbonyl (C=O) groups excluding carboxylic acids is 1. The fourth-order valence-corrected chi connectivity index (χ4v) is 2.86. The Kier molecular flexibility index (Phi) is 5.53. The fraction of sp³-hybridized carbons (Fsp3) is 0.400. The fourth-order valence-electron chi connectivity index (χ4n) is 2.03. The first-order chi connectivity index (χ1) is 11.2. The lowest BCUT2D eigenvalue weighted by atomic mass is 10.1. The van der Waals surface area contributed by atoms with Crippen molar-refractivity contribution < 1.29 is 18.0 Å². The number of amides is 1. The van der Waals surface area contributed by atoms with Crippen LogP contribution in [0.4, 0.5) is 13.2 Å². The van der Waals surface area contributed by atoms with Crippen molar-refractivity contribution >= 4 is 17.7 Å². The summed E-state index contributed by atoms with van der Waals surface area (Å²) < 4.78 is 39.0. The predicted molar refractivity (Wildman–Crippen MR) is 84.3 cm³/mol. The molecule has 1 amide bonds. The van der Waals surface area contributed by atoms with Gasteiger partial charge in [-0.1, -0.05) is 42.1 Å². The van der Waals surface area contributed by atoms with Crippen LogP contribution < -0.4 is 5.32 Å². The van der Waals surface area contributed by atoms with E-state index < -0.39 is 17.3 Å². The summed E-state index contributed by atoms with van der Waals surface area (Å²) in [6.45, 7) is 3.45. The van der Waals surface area contributed by atoms with Gasteiger partial charge in [0.25, 0.3) is 0 Å². The highest BCUT2D eigenvalue weighted by atomic mass is 32.2. The van der Waals surface area contributed by atoms with Gasteiger partial charge in [-0.3, -0.25) is 4.79 Å². The summed E-state index contributed by atoms with van der Waals surface area (Å²) in [4.78, 5) is 12.2. The maximum atomic E-state index is 12.7. The Labute approximate surface area is 141 Å². The molecule has 0 aliphatic carbocycles. The van der Waals surface area contributed by atoms with Crippen LogP contribution in [0.25, 0.3) is 0 Å². The molecule has 1 N–H and O–H groups in total. The normalized spacial score (nSPS) is 14.2. The summed E-state index contributed by atoms with van der Waals surface area (Å²) in [5.41, 5.74) is 0.945. The van der Waals surface area contributed by atoms with Gasteiger partial charge in [-0.05, 0) is 19.4 Å². The number of rotatable bonds is 5. The molecule has 0 fully saturated rings. The first-order valence-electron chi connectivity index (χ1n) is 7.18. The Hall–Kier alpha value is -2.03. The minimum absolute atomic E-state index is 0.0392. The topological polar surface area (TPSA) is 59.8 Å². The molecule has 0 bridgehead atoms. The van der Waals surface area contributed by atoms with Gasteiger partial charge in [0.2, 0.25) is 11.7 Å². The smallest absolute Gasteiger partial charge is 0.349 e. The zero-order chi connectivity index (χ0) is 17.9. The predicted octanol–water partition coefficient (Wildman–Crippen LogP) is 3.19. The van der Waals surface area contributed by atoms with Gasteiger partial charge in [-0.15, -0.1) is 10.2 Å². The average molecular weight is 358 g/mol. The molecule has 24 heavy (non-hydrogen) atoms. The molecular weight excluding hydrogens is 341 g/mol. The maximum absolute atomic E-state index is 12.7. The van der Waals surface area contributed by atoms with Gasteiger partial charge >= 0.3 is 6.18 Å². The van der Waals surface area contributed by atoms with Crippen molar-refractivity contribution in [2.24, 2.45) is 7.05 Å². The molecule has 9 heteroatoms. The summed E-state index contributed by atoms with van der Waals surface area (Å²) in [5.74, 6) is -1.37. The van der Waals surface area contributed by atoms with Crippen LogP contribution in [0.1, 0.15) is 31.3 Å². The van der Waals surface area contributed by atoms with Crippen LogP contribution in [0, 0.1) is 0 Å². The molecule has 5 nitrogen and oxygen atoms in total. The van der Waals surface area contributed by atoms with E-state index >= 15 is 0 Å². The highest BCUT2D eigenvalue weighted by Crippen LogP contribution is 2.30. The van der Waals surface area contributed by atoms with Gasteiger partial charge in [-0.25, -0.2) is 0 Å². The SMILES string of the molecule is C[C@H](NC(=O)[C@@H](C)Sc1nnc(C(F)(F)F)n1C)c1ccccc1. The van der Waals surface area contributed by atoms with Crippen molar-refractivity contribution in [3.63, 3.8) is 0 Å². The lowest BCUT2D eigenvalue weighted by Crippen LogP contribution is -2.33. The van der Waals surface area contributed by atoms with E-state index in [0.717, 1.165) is 21.9 Å². The number of halogens is 3. The molecule has 0 aliphatic rings. The van der Waals surface area contributed by atoms with Gasteiger partial charge in [-0.2, -0.15) is 13.2 Å². The van der Waals surface area contributed by atoms with E-state index in [1.165, 1.54) is 7.05 Å². The molecule has 0 radical (unpaired) electrons. The van der Waals surface area contributed by atoms with Crippen LogP contribution in [0.2, 0.25) is 0 Å². The second-order valence-corrected chi connectivity index (χ2v) is 6.57. The molecule has 0 saturated heterocycles. The van der Waals surface area contributed by atoms with Gasteiger partial charge in [0.15, 0.2) is 5.16 Å². The molecule has 2 atom stereocenters. The maximum Gasteiger partial charge on any atom is 0.451 e. The van der Waals surface area contributed by atoms with Crippen molar-refractivity contribution in [1.29, 1.82) is 0 Å². The first kappa shape index (κ1) is 18.3. The Morgan fingerprint density at radius 2 is 1.83 bits per heavy atom. The standard InChI is InChI=1S/C15H17F3N4OS/c1-9(11-7-5-4-6-8-11)19-12(23)10(2)24-14-21-20-13(22(14)3)15(16,17)18/h4-10H,1-3H3,(H,19,23)/t9-,10+/m0/s1. The van der Waals surface area contributed by atoms with Crippen molar-refractivity contribution in [3.05, 3.63) is 41.7 Å². The van der Waals surface area contributed by atoms with Crippen LogP contribution in [0.3, 0.4) is 0 Å². The third-order valence-electron chi connectivity index (χ3n) is 3.40. The monoisotopic (exact) mass is 358 g/mol. The molecule has 2 aromatic rings. The molecule has 2 rings (SSSR count). The Bertz CT molecular complexity index is 702. The van der Waals surface area contributed by atoms with E-state index in [1.54, 1.807) is 6.92 Å². The molecule has 0 spiro atoms. The summed E-state index contributed by atoms with van der Waals surface area (Å²) in [6, 6.07) is 9.19. The average Bonchev–Trinajstić information content (AvgIpc) is 2.89. The van der Waals surface area contributed by atoms with E-state index in [9.17, 15) is 18.0 Å². The summed E-state index contributed by atoms with van der Waals surface area (Å²) in [5, 5.41) is 8.92. The Morgan fingerprint density at radius 3 is 2.38 bits per heavy atom. The highest BCUT2D eigenvalue weighted by molar-refractivity contribution is 8.00. The largest absolute Gasteiger partial charge is 0.451 e. The lowest BCUT2D eigenvalue weighted by molar-refractivity contribution is -0.147. The third-order valence-corrected chi connectivity index (χ3v) is 4.53. The quantitative estimate of drug-likeness (QED) is 0.834. The highest BCUT2D eigenvalue weighted by Gasteiger charge is 2.37. The van der Waals surface area contributed by atoms with Crippen molar-refractivity contribution in [3.8, 4) is 0 Å². The van der Waals surface area contributed by atoms with E-state index in [0.29, 0.717) is 0 Å². The van der Waals surface area contributed by atoms with Gasteiger partial charge in [0, 0.05) is 7.05 Å². The van der Waals surface area contributed by atoms with Crippen LogP contribution in [-0.4, -0.2) is 25.9 Å². The number of hydrogen-bond acceptors (Lipinski definition) is 4. The second-order valence-electron chi connectivity index (χ2n) is 5.26. The van der Waals surface area contributed by atoms with E-state index in [2.05, 4.69) is 15.5 Å². The first-order valence-corrected chi connectivity index (χ1v) is 8.06. The zero-order valence-electron chi connectivity index (χ0n) is 13.3. The minimum Gasteiger partial charge on any atom is -0.349 e. The Morgan fingerprint density at radius 1 is 1.21 bits per heavy atom. The van der Waals surface area contributed by atoms with Crippen molar-refractivity contribution in [2.75, 3.05) is 0 Å². The summed E-state index contributed by atoms with van der Waals surface area (Å²) in [6.07, 6.45) is -4.58. The summed E-state index contributed by atoms with van der Waals surface area (Å²) >= 11 is 0.930. The van der Waals surface area contributed by atoms with E-state index in [-0.39, 0.29) is 17.1 Å². The van der Waals surface area contributed by atoms with Crippen LogP contribution >= 0.6 is 11.8 Å². The molecule has 0 aliphatic heterocycles. The molecule has 0 unspecified atom stereocenters. The van der Waals surface area contributed by atoms with Gasteiger partial charge in [0.1, 0.15) is 0 Å². The van der Waals surface area contributed by atoms with E-state index in [4.69, 9.17) is 0 Å². The molecule has 130 valence electrons. The van der Waals surface area contributed by atoms with Crippen LogP contribution in [0.15, 0.2) is 35.5 Å². The zero-order valence-corrected chi connectivity index (χ0v) is 14.1. The van der Waals surface area contributed by atoms with Crippen molar-refractivity contribution in [1.82, 2.24) is 20.1 Å². The number of thioether (sulfide) groups is 1. The number of carbonyl (C=O) groups is 1. The number of nitrogens with zero attached hydrogens (tertiary/aromatic N) is 3. The third kappa shape index (κ3) is 4.28. The number of hydrogen-bond donors (Lipinski definition) is 1. The molecule has 1 aromatic heterocycles. The number of benzene rings is 1. The van der Waals surface area contributed by atoms with Gasteiger partial charge in [0.05, 0.1) is 11.3 Å². The molecule has 0 saturated carbocycles. The second kappa shape index (κ2) is 7.25. The van der Waals surface area contributed by atoms with Crippen LogP contribution in [-0.2, 0) is 18.0 Å².